The van der Waals surface area contributed by atoms with Crippen molar-refractivity contribution in [1.29, 1.82) is 0 Å². The van der Waals surface area contributed by atoms with Gasteiger partial charge in [-0.05, 0) is 24.6 Å². The van der Waals surface area contributed by atoms with Gasteiger partial charge in [0, 0.05) is 12.7 Å². The van der Waals surface area contributed by atoms with Crippen LogP contribution in [0.4, 0.5) is 11.5 Å². The Hall–Kier alpha value is -1.94. The van der Waals surface area contributed by atoms with E-state index in [9.17, 15) is 4.79 Å². The van der Waals surface area contributed by atoms with Gasteiger partial charge in [0.25, 0.3) is 0 Å². The van der Waals surface area contributed by atoms with Gasteiger partial charge in [-0.15, -0.1) is 0 Å². The highest BCUT2D eigenvalue weighted by Crippen LogP contribution is 2.27. The van der Waals surface area contributed by atoms with Gasteiger partial charge in [-0.3, -0.25) is 4.79 Å². The molecule has 4 nitrogen and oxygen atoms in total. The SMILES string of the molecule is Cc1cccc(N(C)c2ncnc(Cl)c2C=O)c1. The fraction of sp³-hybridized carbons (Fsp3) is 0.154. The first-order chi connectivity index (χ1) is 8.63. The van der Waals surface area contributed by atoms with Gasteiger partial charge in [-0.1, -0.05) is 23.7 Å². The Labute approximate surface area is 110 Å². The maximum atomic E-state index is 11.1. The van der Waals surface area contributed by atoms with Crippen LogP contribution in [-0.4, -0.2) is 23.3 Å². The zero-order valence-electron chi connectivity index (χ0n) is 10.1. The number of anilines is 2. The molecule has 5 heteroatoms. The Morgan fingerprint density at radius 3 is 2.78 bits per heavy atom. The zero-order valence-corrected chi connectivity index (χ0v) is 10.8. The number of carbonyl (C=O) groups is 1. The first-order valence-corrected chi connectivity index (χ1v) is 5.77. The van der Waals surface area contributed by atoms with E-state index in [2.05, 4.69) is 9.97 Å². The van der Waals surface area contributed by atoms with Crippen molar-refractivity contribution < 1.29 is 4.79 Å². The molecule has 1 heterocycles. The van der Waals surface area contributed by atoms with Crippen LogP contribution in [0, 0.1) is 6.92 Å². The van der Waals surface area contributed by atoms with Crippen LogP contribution < -0.4 is 4.90 Å². The molecule has 18 heavy (non-hydrogen) atoms. The Balaban J connectivity index is 2.49. The van der Waals surface area contributed by atoms with Crippen LogP contribution in [0.5, 0.6) is 0 Å². The highest BCUT2D eigenvalue weighted by atomic mass is 35.5. The second-order valence-electron chi connectivity index (χ2n) is 3.92. The Bertz CT molecular complexity index is 586. The van der Waals surface area contributed by atoms with Crippen molar-refractivity contribution in [2.75, 3.05) is 11.9 Å². The van der Waals surface area contributed by atoms with E-state index in [0.717, 1.165) is 11.3 Å². The molecule has 0 bridgehead atoms. The van der Waals surface area contributed by atoms with Crippen molar-refractivity contribution in [2.24, 2.45) is 0 Å². The van der Waals surface area contributed by atoms with Gasteiger partial charge < -0.3 is 4.90 Å². The predicted molar refractivity (Wildman–Crippen MR) is 71.7 cm³/mol. The summed E-state index contributed by atoms with van der Waals surface area (Å²) in [5.74, 6) is 0.496. The Morgan fingerprint density at radius 1 is 1.33 bits per heavy atom. The molecule has 0 atom stereocenters. The van der Waals surface area contributed by atoms with Crippen LogP contribution in [0.2, 0.25) is 5.15 Å². The van der Waals surface area contributed by atoms with Crippen LogP contribution in [0.3, 0.4) is 0 Å². The monoisotopic (exact) mass is 261 g/mol. The molecular weight excluding hydrogens is 250 g/mol. The molecule has 0 unspecified atom stereocenters. The molecule has 1 aromatic carbocycles. The number of rotatable bonds is 3. The lowest BCUT2D eigenvalue weighted by atomic mass is 10.2. The minimum absolute atomic E-state index is 0.162. The van der Waals surface area contributed by atoms with Gasteiger partial charge in [-0.2, -0.15) is 0 Å². The smallest absolute Gasteiger partial charge is 0.156 e. The van der Waals surface area contributed by atoms with E-state index in [-0.39, 0.29) is 5.15 Å². The van der Waals surface area contributed by atoms with Gasteiger partial charge in [0.2, 0.25) is 0 Å². The van der Waals surface area contributed by atoms with Gasteiger partial charge in [0.15, 0.2) is 6.29 Å². The van der Waals surface area contributed by atoms with Crippen molar-refractivity contribution >= 4 is 29.4 Å². The van der Waals surface area contributed by atoms with Crippen LogP contribution in [-0.2, 0) is 0 Å². The Morgan fingerprint density at radius 2 is 2.11 bits per heavy atom. The van der Waals surface area contributed by atoms with Gasteiger partial charge in [0.1, 0.15) is 17.3 Å². The van der Waals surface area contributed by atoms with Crippen LogP contribution >= 0.6 is 11.6 Å². The molecule has 0 saturated carbocycles. The average molecular weight is 262 g/mol. The van der Waals surface area contributed by atoms with E-state index in [0.29, 0.717) is 17.7 Å². The normalized spacial score (nSPS) is 10.2. The number of aldehydes is 1. The van der Waals surface area contributed by atoms with E-state index in [1.165, 1.54) is 6.33 Å². The van der Waals surface area contributed by atoms with Crippen molar-refractivity contribution in [3.63, 3.8) is 0 Å². The summed E-state index contributed by atoms with van der Waals surface area (Å²) in [5, 5.41) is 0.162. The lowest BCUT2D eigenvalue weighted by Gasteiger charge is -2.20. The number of aromatic nitrogens is 2. The topological polar surface area (TPSA) is 46.1 Å². The highest BCUT2D eigenvalue weighted by Gasteiger charge is 2.14. The third-order valence-electron chi connectivity index (χ3n) is 2.64. The number of aryl methyl sites for hydroxylation is 1. The molecule has 92 valence electrons. The van der Waals surface area contributed by atoms with E-state index >= 15 is 0 Å². The molecule has 0 fully saturated rings. The largest absolute Gasteiger partial charge is 0.329 e. The van der Waals surface area contributed by atoms with E-state index in [1.807, 2.05) is 43.1 Å². The molecule has 0 aliphatic heterocycles. The molecule has 2 aromatic rings. The van der Waals surface area contributed by atoms with Crippen molar-refractivity contribution in [3.8, 4) is 0 Å². The van der Waals surface area contributed by atoms with Crippen LogP contribution in [0.25, 0.3) is 0 Å². The zero-order chi connectivity index (χ0) is 13.1. The van der Waals surface area contributed by atoms with Gasteiger partial charge in [-0.25, -0.2) is 9.97 Å². The molecule has 0 amide bonds. The summed E-state index contributed by atoms with van der Waals surface area (Å²) >= 11 is 5.88. The summed E-state index contributed by atoms with van der Waals surface area (Å²) in [6.45, 7) is 2.00. The lowest BCUT2D eigenvalue weighted by Crippen LogP contribution is -2.14. The standard InChI is InChI=1S/C13H12ClN3O/c1-9-4-3-5-10(6-9)17(2)13-11(7-18)12(14)15-8-16-13/h3-8H,1-2H3. The average Bonchev–Trinajstić information content (AvgIpc) is 2.37. The summed E-state index contributed by atoms with van der Waals surface area (Å²) in [4.78, 5) is 20.8. The number of benzene rings is 1. The van der Waals surface area contributed by atoms with Crippen LogP contribution in [0.1, 0.15) is 15.9 Å². The van der Waals surface area contributed by atoms with Crippen molar-refractivity contribution in [3.05, 3.63) is 46.9 Å². The van der Waals surface area contributed by atoms with E-state index < -0.39 is 0 Å². The molecule has 0 radical (unpaired) electrons. The predicted octanol–water partition coefficient (Wildman–Crippen LogP) is 3.02. The number of nitrogens with zero attached hydrogens (tertiary/aromatic N) is 3. The molecule has 1 aromatic heterocycles. The summed E-state index contributed by atoms with van der Waals surface area (Å²) < 4.78 is 0. The fourth-order valence-corrected chi connectivity index (χ4v) is 1.87. The number of carbonyl (C=O) groups excluding carboxylic acids is 1. The molecule has 0 aliphatic carbocycles. The minimum Gasteiger partial charge on any atom is -0.329 e. The quantitative estimate of drug-likeness (QED) is 0.629. The highest BCUT2D eigenvalue weighted by molar-refractivity contribution is 6.32. The van der Waals surface area contributed by atoms with Gasteiger partial charge in [0.05, 0.1) is 5.56 Å². The lowest BCUT2D eigenvalue weighted by molar-refractivity contribution is 0.112. The first-order valence-electron chi connectivity index (χ1n) is 5.39. The third kappa shape index (κ3) is 2.33. The summed E-state index contributed by atoms with van der Waals surface area (Å²) in [5.41, 5.74) is 2.36. The van der Waals surface area contributed by atoms with Crippen molar-refractivity contribution in [1.82, 2.24) is 9.97 Å². The number of hydrogen-bond acceptors (Lipinski definition) is 4. The second-order valence-corrected chi connectivity index (χ2v) is 4.28. The second kappa shape index (κ2) is 5.14. The molecular formula is C13H12ClN3O. The van der Waals surface area contributed by atoms with E-state index in [1.54, 1.807) is 0 Å². The van der Waals surface area contributed by atoms with Gasteiger partial charge >= 0.3 is 0 Å². The summed E-state index contributed by atoms with van der Waals surface area (Å²) in [6, 6.07) is 7.90. The summed E-state index contributed by atoms with van der Waals surface area (Å²) in [7, 11) is 1.83. The maximum absolute atomic E-state index is 11.1. The third-order valence-corrected chi connectivity index (χ3v) is 2.94. The van der Waals surface area contributed by atoms with Crippen LogP contribution in [0.15, 0.2) is 30.6 Å². The number of halogens is 1. The molecule has 0 spiro atoms. The molecule has 0 N–H and O–H groups in total. The molecule has 2 rings (SSSR count). The maximum Gasteiger partial charge on any atom is 0.156 e. The molecule has 0 aliphatic rings. The molecule has 0 saturated heterocycles. The first kappa shape index (κ1) is 12.5. The van der Waals surface area contributed by atoms with E-state index in [4.69, 9.17) is 11.6 Å². The number of hydrogen-bond donors (Lipinski definition) is 0. The van der Waals surface area contributed by atoms with Crippen molar-refractivity contribution in [2.45, 2.75) is 6.92 Å². The Kier molecular flexibility index (Phi) is 3.58. The minimum atomic E-state index is 0.162. The fourth-order valence-electron chi connectivity index (χ4n) is 1.69. The summed E-state index contributed by atoms with van der Waals surface area (Å²) in [6.07, 6.45) is 2.01.